The SMILES string of the molecule is CNC(/C1=C/CCCCCC1)c1ccc(I)cc1. The van der Waals surface area contributed by atoms with E-state index in [1.165, 1.54) is 47.7 Å². The molecule has 1 aliphatic rings. The van der Waals surface area contributed by atoms with Crippen LogP contribution in [0.3, 0.4) is 0 Å². The van der Waals surface area contributed by atoms with Gasteiger partial charge in [0.05, 0.1) is 6.04 Å². The third-order valence-corrected chi connectivity index (χ3v) is 4.41. The molecule has 0 aromatic heterocycles. The molecule has 1 N–H and O–H groups in total. The van der Waals surface area contributed by atoms with Gasteiger partial charge in [0, 0.05) is 3.57 Å². The Morgan fingerprint density at radius 1 is 1.06 bits per heavy atom. The highest BCUT2D eigenvalue weighted by Gasteiger charge is 2.15. The molecule has 0 saturated heterocycles. The Labute approximate surface area is 124 Å². The second-order valence-corrected chi connectivity index (χ2v) is 6.25. The summed E-state index contributed by atoms with van der Waals surface area (Å²) in [5.41, 5.74) is 2.98. The summed E-state index contributed by atoms with van der Waals surface area (Å²) in [6, 6.07) is 9.30. The lowest BCUT2D eigenvalue weighted by atomic mass is 9.91. The van der Waals surface area contributed by atoms with Crippen molar-refractivity contribution in [1.29, 1.82) is 0 Å². The molecule has 1 atom stereocenters. The van der Waals surface area contributed by atoms with Gasteiger partial charge in [0.15, 0.2) is 0 Å². The van der Waals surface area contributed by atoms with Gasteiger partial charge in [0.2, 0.25) is 0 Å². The average Bonchev–Trinajstić information content (AvgIpc) is 2.34. The van der Waals surface area contributed by atoms with Crippen molar-refractivity contribution in [2.75, 3.05) is 7.05 Å². The van der Waals surface area contributed by atoms with E-state index in [0.717, 1.165) is 0 Å². The predicted octanol–water partition coefficient (Wildman–Crippen LogP) is 4.83. The molecule has 98 valence electrons. The largest absolute Gasteiger partial charge is 0.310 e. The van der Waals surface area contributed by atoms with Crippen LogP contribution in [0, 0.1) is 3.57 Å². The predicted molar refractivity (Wildman–Crippen MR) is 86.7 cm³/mol. The van der Waals surface area contributed by atoms with Crippen LogP contribution in [0.4, 0.5) is 0 Å². The third kappa shape index (κ3) is 3.82. The molecule has 1 unspecified atom stereocenters. The van der Waals surface area contributed by atoms with Crippen molar-refractivity contribution in [3.63, 3.8) is 0 Å². The van der Waals surface area contributed by atoms with Gasteiger partial charge in [0.1, 0.15) is 0 Å². The number of likely N-dealkylation sites (N-methyl/N-ethyl adjacent to an activating group) is 1. The first-order chi connectivity index (χ1) is 8.81. The molecule has 0 fully saturated rings. The molecule has 1 nitrogen and oxygen atoms in total. The number of halogens is 1. The van der Waals surface area contributed by atoms with Crippen molar-refractivity contribution in [3.8, 4) is 0 Å². The topological polar surface area (TPSA) is 12.0 Å². The summed E-state index contributed by atoms with van der Waals surface area (Å²) in [5.74, 6) is 0. The van der Waals surface area contributed by atoms with Crippen molar-refractivity contribution in [2.24, 2.45) is 0 Å². The molecule has 0 bridgehead atoms. The molecular formula is C16H22IN. The van der Waals surface area contributed by atoms with E-state index < -0.39 is 0 Å². The van der Waals surface area contributed by atoms with E-state index in [1.807, 2.05) is 0 Å². The number of allylic oxidation sites excluding steroid dienone is 1. The quantitative estimate of drug-likeness (QED) is 0.605. The van der Waals surface area contributed by atoms with Gasteiger partial charge in [-0.15, -0.1) is 0 Å². The molecule has 1 aromatic rings. The molecule has 2 rings (SSSR count). The Balaban J connectivity index is 2.18. The molecular weight excluding hydrogens is 333 g/mol. The lowest BCUT2D eigenvalue weighted by Gasteiger charge is -2.22. The van der Waals surface area contributed by atoms with E-state index in [0.29, 0.717) is 6.04 Å². The van der Waals surface area contributed by atoms with Crippen molar-refractivity contribution in [1.82, 2.24) is 5.32 Å². The van der Waals surface area contributed by atoms with Gasteiger partial charge in [-0.2, -0.15) is 0 Å². The molecule has 2 heteroatoms. The van der Waals surface area contributed by atoms with Gasteiger partial charge in [0.25, 0.3) is 0 Å². The van der Waals surface area contributed by atoms with Crippen molar-refractivity contribution < 1.29 is 0 Å². The minimum atomic E-state index is 0.403. The fraction of sp³-hybridized carbons (Fsp3) is 0.500. The molecule has 1 aliphatic carbocycles. The monoisotopic (exact) mass is 355 g/mol. The number of nitrogens with one attached hydrogen (secondary N) is 1. The average molecular weight is 355 g/mol. The Morgan fingerprint density at radius 3 is 2.50 bits per heavy atom. The fourth-order valence-electron chi connectivity index (χ4n) is 2.70. The van der Waals surface area contributed by atoms with Crippen LogP contribution in [0.5, 0.6) is 0 Å². The zero-order chi connectivity index (χ0) is 12.8. The van der Waals surface area contributed by atoms with Gasteiger partial charge in [-0.1, -0.05) is 36.6 Å². The Morgan fingerprint density at radius 2 is 1.78 bits per heavy atom. The van der Waals surface area contributed by atoms with Gasteiger partial charge in [-0.05, 0) is 73.0 Å². The van der Waals surface area contributed by atoms with E-state index in [-0.39, 0.29) is 0 Å². The van der Waals surface area contributed by atoms with Crippen LogP contribution >= 0.6 is 22.6 Å². The Bertz CT molecular complexity index is 394. The van der Waals surface area contributed by atoms with E-state index in [4.69, 9.17) is 0 Å². The molecule has 0 amide bonds. The summed E-state index contributed by atoms with van der Waals surface area (Å²) in [5, 5.41) is 3.48. The summed E-state index contributed by atoms with van der Waals surface area (Å²) in [6.07, 6.45) is 10.5. The smallest absolute Gasteiger partial charge is 0.0533 e. The fourth-order valence-corrected chi connectivity index (χ4v) is 3.06. The van der Waals surface area contributed by atoms with Crippen LogP contribution in [0.2, 0.25) is 0 Å². The standard InChI is InChI=1S/C16H22IN/c1-18-16(14-9-11-15(17)12-10-14)13-7-5-3-2-4-6-8-13/h7,9-12,16,18H,2-6,8H2,1H3/b13-7+. The molecule has 0 heterocycles. The van der Waals surface area contributed by atoms with Crippen LogP contribution in [0.15, 0.2) is 35.9 Å². The molecule has 0 spiro atoms. The highest BCUT2D eigenvalue weighted by atomic mass is 127. The normalized spacial score (nSPS) is 21.6. The Hall–Kier alpha value is -0.350. The Kier molecular flexibility index (Phi) is 5.70. The first kappa shape index (κ1) is 14.1. The van der Waals surface area contributed by atoms with Gasteiger partial charge in [-0.25, -0.2) is 0 Å². The molecule has 0 saturated carbocycles. The van der Waals surface area contributed by atoms with E-state index >= 15 is 0 Å². The molecule has 0 radical (unpaired) electrons. The van der Waals surface area contributed by atoms with Crippen LogP contribution in [0.25, 0.3) is 0 Å². The van der Waals surface area contributed by atoms with E-state index in [9.17, 15) is 0 Å². The van der Waals surface area contributed by atoms with E-state index in [1.54, 1.807) is 5.57 Å². The zero-order valence-corrected chi connectivity index (χ0v) is 13.2. The molecule has 18 heavy (non-hydrogen) atoms. The summed E-state index contributed by atoms with van der Waals surface area (Å²) in [6.45, 7) is 0. The first-order valence-corrected chi connectivity index (χ1v) is 8.01. The van der Waals surface area contributed by atoms with Crippen LogP contribution < -0.4 is 5.32 Å². The number of hydrogen-bond donors (Lipinski definition) is 1. The lowest BCUT2D eigenvalue weighted by Crippen LogP contribution is -2.19. The number of benzene rings is 1. The van der Waals surface area contributed by atoms with Crippen molar-refractivity contribution in [3.05, 3.63) is 45.0 Å². The van der Waals surface area contributed by atoms with Crippen molar-refractivity contribution >= 4 is 22.6 Å². The maximum Gasteiger partial charge on any atom is 0.0533 e. The highest BCUT2D eigenvalue weighted by molar-refractivity contribution is 14.1. The molecule has 0 aliphatic heterocycles. The maximum absolute atomic E-state index is 3.48. The van der Waals surface area contributed by atoms with Gasteiger partial charge >= 0.3 is 0 Å². The summed E-state index contributed by atoms with van der Waals surface area (Å²) in [7, 11) is 2.07. The van der Waals surface area contributed by atoms with Crippen LogP contribution in [-0.4, -0.2) is 7.05 Å². The van der Waals surface area contributed by atoms with Crippen LogP contribution in [-0.2, 0) is 0 Å². The summed E-state index contributed by atoms with van der Waals surface area (Å²) in [4.78, 5) is 0. The zero-order valence-electron chi connectivity index (χ0n) is 11.1. The van der Waals surface area contributed by atoms with Gasteiger partial charge < -0.3 is 5.32 Å². The van der Waals surface area contributed by atoms with E-state index in [2.05, 4.69) is 65.3 Å². The second-order valence-electron chi connectivity index (χ2n) is 5.01. The van der Waals surface area contributed by atoms with Crippen molar-refractivity contribution in [2.45, 2.75) is 44.6 Å². The second kappa shape index (κ2) is 7.29. The van der Waals surface area contributed by atoms with Crippen LogP contribution in [0.1, 0.15) is 50.1 Å². The number of hydrogen-bond acceptors (Lipinski definition) is 1. The minimum absolute atomic E-state index is 0.403. The maximum atomic E-state index is 3.48. The first-order valence-electron chi connectivity index (χ1n) is 6.93. The van der Waals surface area contributed by atoms with Gasteiger partial charge in [-0.3, -0.25) is 0 Å². The lowest BCUT2D eigenvalue weighted by molar-refractivity contribution is 0.574. The number of rotatable bonds is 3. The summed E-state index contributed by atoms with van der Waals surface area (Å²) >= 11 is 2.36. The summed E-state index contributed by atoms with van der Waals surface area (Å²) < 4.78 is 1.30. The highest BCUT2D eigenvalue weighted by Crippen LogP contribution is 2.28. The molecule has 1 aromatic carbocycles. The minimum Gasteiger partial charge on any atom is -0.310 e. The third-order valence-electron chi connectivity index (χ3n) is 3.69.